The van der Waals surface area contributed by atoms with Crippen molar-refractivity contribution in [1.29, 1.82) is 0 Å². The summed E-state index contributed by atoms with van der Waals surface area (Å²) in [5, 5.41) is 19.2. The van der Waals surface area contributed by atoms with E-state index < -0.39 is 35.7 Å². The molecule has 2 bridgehead atoms. The molecule has 5 unspecified atom stereocenters. The summed E-state index contributed by atoms with van der Waals surface area (Å²) < 4.78 is 16.1. The quantitative estimate of drug-likeness (QED) is 0.266. The second-order valence-corrected chi connectivity index (χ2v) is 7.38. The average molecular weight is 356 g/mol. The van der Waals surface area contributed by atoms with Crippen molar-refractivity contribution in [2.24, 2.45) is 17.8 Å². The fraction of sp³-hybridized carbons (Fsp3) is 0.778. The van der Waals surface area contributed by atoms with E-state index in [-0.39, 0.29) is 31.7 Å². The summed E-state index contributed by atoms with van der Waals surface area (Å²) in [6, 6.07) is 0. The van der Waals surface area contributed by atoms with Gasteiger partial charge in [0.15, 0.2) is 0 Å². The molecule has 0 heterocycles. The Labute approximate surface area is 147 Å². The number of carbonyl (C=O) groups excluding carboxylic acids is 1. The van der Waals surface area contributed by atoms with Crippen molar-refractivity contribution in [2.45, 2.75) is 57.8 Å². The number of carbonyl (C=O) groups is 2. The van der Waals surface area contributed by atoms with Gasteiger partial charge in [0, 0.05) is 5.92 Å². The zero-order valence-corrected chi connectivity index (χ0v) is 15.0. The number of aliphatic hydroxyl groups is 1. The SMILES string of the molecule is CCC(C)(C)OC(=O)CC(O)COCOC1C2C=CC(C2)C1C(=O)O. The second-order valence-electron chi connectivity index (χ2n) is 7.38. The zero-order chi connectivity index (χ0) is 18.6. The summed E-state index contributed by atoms with van der Waals surface area (Å²) in [4.78, 5) is 23.1. The molecule has 7 nitrogen and oxygen atoms in total. The van der Waals surface area contributed by atoms with Gasteiger partial charge in [0.05, 0.1) is 31.2 Å². The summed E-state index contributed by atoms with van der Waals surface area (Å²) in [5.41, 5.74) is -0.554. The number of fused-ring (bicyclic) bond motifs is 2. The van der Waals surface area contributed by atoms with E-state index in [9.17, 15) is 19.8 Å². The van der Waals surface area contributed by atoms with Gasteiger partial charge in [-0.2, -0.15) is 0 Å². The highest BCUT2D eigenvalue weighted by Crippen LogP contribution is 2.45. The van der Waals surface area contributed by atoms with Crippen LogP contribution >= 0.6 is 0 Å². The summed E-state index contributed by atoms with van der Waals surface area (Å²) in [6.07, 6.45) is 3.87. The first-order valence-electron chi connectivity index (χ1n) is 8.74. The molecule has 0 aliphatic heterocycles. The summed E-state index contributed by atoms with van der Waals surface area (Å²) in [6.45, 7) is 5.35. The number of hydrogen-bond donors (Lipinski definition) is 2. The Hall–Kier alpha value is -1.44. The number of rotatable bonds is 10. The molecule has 0 aromatic rings. The van der Waals surface area contributed by atoms with Crippen LogP contribution in [0.2, 0.25) is 0 Å². The number of aliphatic hydroxyl groups excluding tert-OH is 1. The minimum Gasteiger partial charge on any atom is -0.481 e. The number of hydrogen-bond acceptors (Lipinski definition) is 6. The number of carboxylic acid groups (broad SMARTS) is 1. The van der Waals surface area contributed by atoms with Crippen molar-refractivity contribution in [3.8, 4) is 0 Å². The summed E-state index contributed by atoms with van der Waals surface area (Å²) in [7, 11) is 0. The van der Waals surface area contributed by atoms with Crippen LogP contribution in [0.4, 0.5) is 0 Å². The minimum absolute atomic E-state index is 0.0229. The predicted octanol–water partition coefficient (Wildman–Crippen LogP) is 1.74. The molecular weight excluding hydrogens is 328 g/mol. The minimum atomic E-state index is -0.987. The Bertz CT molecular complexity index is 514. The Balaban J connectivity index is 1.66. The molecule has 0 aromatic carbocycles. The Morgan fingerprint density at radius 2 is 1.96 bits per heavy atom. The van der Waals surface area contributed by atoms with Crippen molar-refractivity contribution < 1.29 is 34.0 Å². The molecule has 0 saturated heterocycles. The number of allylic oxidation sites excluding steroid dienone is 1. The molecule has 0 amide bonds. The van der Waals surface area contributed by atoms with Crippen molar-refractivity contribution in [2.75, 3.05) is 13.4 Å². The molecule has 1 fully saturated rings. The van der Waals surface area contributed by atoms with E-state index in [2.05, 4.69) is 0 Å². The molecule has 0 spiro atoms. The molecule has 25 heavy (non-hydrogen) atoms. The summed E-state index contributed by atoms with van der Waals surface area (Å²) in [5.74, 6) is -1.76. The molecule has 0 aromatic heterocycles. The van der Waals surface area contributed by atoms with E-state index in [1.54, 1.807) is 0 Å². The molecule has 142 valence electrons. The van der Waals surface area contributed by atoms with Gasteiger partial charge >= 0.3 is 11.9 Å². The highest BCUT2D eigenvalue weighted by atomic mass is 16.7. The lowest BCUT2D eigenvalue weighted by molar-refractivity contribution is -0.165. The fourth-order valence-electron chi connectivity index (χ4n) is 3.31. The molecule has 2 rings (SSSR count). The Morgan fingerprint density at radius 1 is 1.28 bits per heavy atom. The Kier molecular flexibility index (Phi) is 6.59. The van der Waals surface area contributed by atoms with Gasteiger partial charge < -0.3 is 24.4 Å². The van der Waals surface area contributed by atoms with Gasteiger partial charge in [-0.05, 0) is 32.6 Å². The highest BCUT2D eigenvalue weighted by Gasteiger charge is 2.49. The van der Waals surface area contributed by atoms with Crippen LogP contribution in [0.15, 0.2) is 12.2 Å². The third-order valence-electron chi connectivity index (χ3n) is 4.97. The molecule has 1 saturated carbocycles. The molecule has 0 radical (unpaired) electrons. The normalized spacial score (nSPS) is 29.0. The van der Waals surface area contributed by atoms with Crippen LogP contribution in [0.3, 0.4) is 0 Å². The van der Waals surface area contributed by atoms with Gasteiger partial charge in [-0.1, -0.05) is 19.1 Å². The maximum atomic E-state index is 11.7. The van der Waals surface area contributed by atoms with E-state index in [0.717, 1.165) is 6.42 Å². The second kappa shape index (κ2) is 8.29. The molecule has 2 aliphatic rings. The smallest absolute Gasteiger partial charge is 0.309 e. The van der Waals surface area contributed by atoms with Crippen LogP contribution in [0.25, 0.3) is 0 Å². The average Bonchev–Trinajstić information content (AvgIpc) is 3.11. The lowest BCUT2D eigenvalue weighted by Crippen LogP contribution is -2.35. The van der Waals surface area contributed by atoms with Gasteiger partial charge in [0.2, 0.25) is 0 Å². The van der Waals surface area contributed by atoms with Crippen molar-refractivity contribution in [3.05, 3.63) is 12.2 Å². The van der Waals surface area contributed by atoms with Gasteiger partial charge in [-0.15, -0.1) is 0 Å². The van der Waals surface area contributed by atoms with Crippen molar-refractivity contribution >= 4 is 11.9 Å². The topological polar surface area (TPSA) is 102 Å². The largest absolute Gasteiger partial charge is 0.481 e. The van der Waals surface area contributed by atoms with Crippen LogP contribution in [0.1, 0.15) is 40.0 Å². The molecule has 2 N–H and O–H groups in total. The molecular formula is C18H28O7. The third kappa shape index (κ3) is 5.26. The van der Waals surface area contributed by atoms with Crippen LogP contribution in [0.5, 0.6) is 0 Å². The highest BCUT2D eigenvalue weighted by molar-refractivity contribution is 5.72. The maximum Gasteiger partial charge on any atom is 0.309 e. The van der Waals surface area contributed by atoms with E-state index >= 15 is 0 Å². The monoisotopic (exact) mass is 356 g/mol. The van der Waals surface area contributed by atoms with E-state index in [1.807, 2.05) is 32.9 Å². The van der Waals surface area contributed by atoms with Crippen LogP contribution in [0, 0.1) is 17.8 Å². The number of carboxylic acids is 1. The number of esters is 1. The number of aliphatic carboxylic acids is 1. The van der Waals surface area contributed by atoms with E-state index in [0.29, 0.717) is 6.42 Å². The van der Waals surface area contributed by atoms with Gasteiger partial charge in [-0.3, -0.25) is 9.59 Å². The van der Waals surface area contributed by atoms with Gasteiger partial charge in [-0.25, -0.2) is 0 Å². The van der Waals surface area contributed by atoms with Crippen LogP contribution < -0.4 is 0 Å². The number of ether oxygens (including phenoxy) is 3. The lowest BCUT2D eigenvalue weighted by Gasteiger charge is -2.25. The lowest BCUT2D eigenvalue weighted by atomic mass is 9.91. The van der Waals surface area contributed by atoms with E-state index in [4.69, 9.17) is 14.2 Å². The maximum absolute atomic E-state index is 11.7. The van der Waals surface area contributed by atoms with E-state index in [1.165, 1.54) is 0 Å². The third-order valence-corrected chi connectivity index (χ3v) is 4.97. The predicted molar refractivity (Wildman–Crippen MR) is 88.6 cm³/mol. The van der Waals surface area contributed by atoms with Gasteiger partial charge in [0.25, 0.3) is 0 Å². The van der Waals surface area contributed by atoms with Crippen LogP contribution in [-0.2, 0) is 23.8 Å². The summed E-state index contributed by atoms with van der Waals surface area (Å²) >= 11 is 0. The fourth-order valence-corrected chi connectivity index (χ4v) is 3.31. The zero-order valence-electron chi connectivity index (χ0n) is 15.0. The van der Waals surface area contributed by atoms with Crippen molar-refractivity contribution in [1.82, 2.24) is 0 Å². The first kappa shape index (κ1) is 19.9. The molecule has 7 heteroatoms. The van der Waals surface area contributed by atoms with Crippen LogP contribution in [-0.4, -0.2) is 53.4 Å². The first-order valence-corrected chi connectivity index (χ1v) is 8.74. The van der Waals surface area contributed by atoms with Crippen molar-refractivity contribution in [3.63, 3.8) is 0 Å². The standard InChI is InChI=1S/C18H28O7/c1-4-18(2,3)25-14(20)8-13(19)9-23-10-24-16-12-6-5-11(7-12)15(16)17(21)22/h5-6,11-13,15-16,19H,4,7-10H2,1-3H3,(H,21,22). The molecule has 5 atom stereocenters. The van der Waals surface area contributed by atoms with Gasteiger partial charge in [0.1, 0.15) is 12.4 Å². The molecule has 2 aliphatic carbocycles. The first-order chi connectivity index (χ1) is 11.7. The Morgan fingerprint density at radius 3 is 2.60 bits per heavy atom.